The molecule has 1 rings (SSSR count). The predicted octanol–water partition coefficient (Wildman–Crippen LogP) is 0.764. The molecule has 0 spiro atoms. The normalized spacial score (nSPS) is 24.9. The van der Waals surface area contributed by atoms with Crippen molar-refractivity contribution in [2.45, 2.75) is 25.8 Å². The Kier molecular flexibility index (Phi) is 1.30. The van der Waals surface area contributed by atoms with E-state index in [2.05, 4.69) is 5.48 Å². The van der Waals surface area contributed by atoms with E-state index >= 15 is 0 Å². The first-order valence-corrected chi connectivity index (χ1v) is 2.74. The first-order chi connectivity index (χ1) is 3.34. The van der Waals surface area contributed by atoms with Crippen LogP contribution in [0.2, 0.25) is 0 Å². The van der Waals surface area contributed by atoms with Crippen LogP contribution >= 0.6 is 0 Å². The summed E-state index contributed by atoms with van der Waals surface area (Å²) in [5, 5.41) is 8.30. The SMILES string of the molecule is CC(NO)C1CC1. The van der Waals surface area contributed by atoms with Crippen LogP contribution < -0.4 is 5.48 Å². The number of rotatable bonds is 2. The van der Waals surface area contributed by atoms with Gasteiger partial charge in [-0.05, 0) is 25.7 Å². The van der Waals surface area contributed by atoms with E-state index in [1.165, 1.54) is 12.8 Å². The van der Waals surface area contributed by atoms with E-state index < -0.39 is 0 Å². The van der Waals surface area contributed by atoms with Gasteiger partial charge >= 0.3 is 0 Å². The van der Waals surface area contributed by atoms with Crippen LogP contribution in [0.4, 0.5) is 0 Å². The number of nitrogens with one attached hydrogen (secondary N) is 1. The van der Waals surface area contributed by atoms with Crippen molar-refractivity contribution in [3.05, 3.63) is 0 Å². The van der Waals surface area contributed by atoms with Gasteiger partial charge in [-0.2, -0.15) is 0 Å². The van der Waals surface area contributed by atoms with Crippen molar-refractivity contribution in [3.63, 3.8) is 0 Å². The van der Waals surface area contributed by atoms with Crippen LogP contribution in [0.25, 0.3) is 0 Å². The fraction of sp³-hybridized carbons (Fsp3) is 1.00. The maximum absolute atomic E-state index is 8.30. The Bertz CT molecular complexity index is 61.1. The Labute approximate surface area is 43.5 Å². The minimum atomic E-state index is 0.319. The molecule has 2 nitrogen and oxygen atoms in total. The second-order valence-corrected chi connectivity index (χ2v) is 2.26. The topological polar surface area (TPSA) is 32.3 Å². The zero-order valence-electron chi connectivity index (χ0n) is 4.52. The molecule has 2 heteroatoms. The highest BCUT2D eigenvalue weighted by Crippen LogP contribution is 2.31. The van der Waals surface area contributed by atoms with E-state index in [9.17, 15) is 0 Å². The predicted molar refractivity (Wildman–Crippen MR) is 27.1 cm³/mol. The van der Waals surface area contributed by atoms with Crippen LogP contribution in [0.15, 0.2) is 0 Å². The summed E-state index contributed by atoms with van der Waals surface area (Å²) < 4.78 is 0. The monoisotopic (exact) mass is 101 g/mol. The van der Waals surface area contributed by atoms with Crippen LogP contribution in [0.5, 0.6) is 0 Å². The Balaban J connectivity index is 2.10. The Morgan fingerprint density at radius 1 is 1.71 bits per heavy atom. The average molecular weight is 101 g/mol. The molecule has 0 aromatic carbocycles. The summed E-state index contributed by atoms with van der Waals surface area (Å²) in [7, 11) is 0. The molecule has 1 fully saturated rings. The fourth-order valence-electron chi connectivity index (χ4n) is 0.702. The van der Waals surface area contributed by atoms with Gasteiger partial charge < -0.3 is 5.21 Å². The summed E-state index contributed by atoms with van der Waals surface area (Å²) >= 11 is 0. The summed E-state index contributed by atoms with van der Waals surface area (Å²) in [6, 6.07) is 0.319. The lowest BCUT2D eigenvalue weighted by atomic mass is 10.2. The molecule has 2 N–H and O–H groups in total. The number of hydroxylamine groups is 1. The van der Waals surface area contributed by atoms with E-state index in [1.807, 2.05) is 6.92 Å². The zero-order chi connectivity index (χ0) is 5.28. The molecular weight excluding hydrogens is 90.1 g/mol. The molecule has 0 aromatic rings. The lowest BCUT2D eigenvalue weighted by molar-refractivity contribution is 0.124. The van der Waals surface area contributed by atoms with Crippen molar-refractivity contribution in [1.29, 1.82) is 0 Å². The number of hydrogen-bond acceptors (Lipinski definition) is 2. The van der Waals surface area contributed by atoms with Gasteiger partial charge in [0.05, 0.1) is 0 Å². The van der Waals surface area contributed by atoms with Crippen molar-refractivity contribution < 1.29 is 5.21 Å². The van der Waals surface area contributed by atoms with Crippen LogP contribution in [0.3, 0.4) is 0 Å². The third-order valence-electron chi connectivity index (χ3n) is 1.53. The largest absolute Gasteiger partial charge is 0.317 e. The fourth-order valence-corrected chi connectivity index (χ4v) is 0.702. The maximum Gasteiger partial charge on any atom is 0.0319 e. The van der Waals surface area contributed by atoms with Crippen molar-refractivity contribution in [1.82, 2.24) is 5.48 Å². The van der Waals surface area contributed by atoms with Gasteiger partial charge in [-0.15, -0.1) is 0 Å². The van der Waals surface area contributed by atoms with Crippen molar-refractivity contribution in [2.75, 3.05) is 0 Å². The van der Waals surface area contributed by atoms with Gasteiger partial charge in [0, 0.05) is 6.04 Å². The molecular formula is C5H11NO. The van der Waals surface area contributed by atoms with Crippen molar-refractivity contribution in [3.8, 4) is 0 Å². The summed E-state index contributed by atoms with van der Waals surface area (Å²) in [4.78, 5) is 0. The molecule has 0 aromatic heterocycles. The summed E-state index contributed by atoms with van der Waals surface area (Å²) in [6.45, 7) is 2.00. The molecule has 42 valence electrons. The van der Waals surface area contributed by atoms with E-state index in [0.717, 1.165) is 5.92 Å². The smallest absolute Gasteiger partial charge is 0.0319 e. The second-order valence-electron chi connectivity index (χ2n) is 2.26. The van der Waals surface area contributed by atoms with E-state index in [0.29, 0.717) is 6.04 Å². The van der Waals surface area contributed by atoms with Crippen LogP contribution in [-0.4, -0.2) is 11.2 Å². The van der Waals surface area contributed by atoms with Gasteiger partial charge in [0.2, 0.25) is 0 Å². The summed E-state index contributed by atoms with van der Waals surface area (Å²) in [6.07, 6.45) is 2.57. The highest BCUT2D eigenvalue weighted by Gasteiger charge is 2.26. The van der Waals surface area contributed by atoms with Crippen LogP contribution in [-0.2, 0) is 0 Å². The summed E-state index contributed by atoms with van der Waals surface area (Å²) in [5.41, 5.74) is 2.23. The van der Waals surface area contributed by atoms with Gasteiger partial charge in [-0.3, -0.25) is 0 Å². The van der Waals surface area contributed by atoms with Gasteiger partial charge in [0.15, 0.2) is 0 Å². The first-order valence-electron chi connectivity index (χ1n) is 2.74. The Morgan fingerprint density at radius 2 is 2.29 bits per heavy atom. The van der Waals surface area contributed by atoms with Gasteiger partial charge in [-0.1, -0.05) is 0 Å². The van der Waals surface area contributed by atoms with Crippen molar-refractivity contribution >= 4 is 0 Å². The first kappa shape index (κ1) is 5.06. The Morgan fingerprint density at radius 3 is 2.43 bits per heavy atom. The molecule has 1 atom stereocenters. The molecule has 0 amide bonds. The molecule has 1 saturated carbocycles. The van der Waals surface area contributed by atoms with Gasteiger partial charge in [0.1, 0.15) is 0 Å². The highest BCUT2D eigenvalue weighted by molar-refractivity contribution is 4.80. The molecule has 1 aliphatic carbocycles. The summed E-state index contributed by atoms with van der Waals surface area (Å²) in [5.74, 6) is 0.755. The quantitative estimate of drug-likeness (QED) is 0.503. The lowest BCUT2D eigenvalue weighted by Gasteiger charge is -2.03. The van der Waals surface area contributed by atoms with Gasteiger partial charge in [0.25, 0.3) is 0 Å². The number of hydrogen-bond donors (Lipinski definition) is 2. The van der Waals surface area contributed by atoms with Crippen LogP contribution in [0.1, 0.15) is 19.8 Å². The minimum absolute atomic E-state index is 0.319. The lowest BCUT2D eigenvalue weighted by Crippen LogP contribution is -2.23. The molecule has 1 aliphatic rings. The van der Waals surface area contributed by atoms with Crippen LogP contribution in [0, 0.1) is 5.92 Å². The zero-order valence-corrected chi connectivity index (χ0v) is 4.52. The molecule has 7 heavy (non-hydrogen) atoms. The molecule has 0 bridgehead atoms. The van der Waals surface area contributed by atoms with E-state index in [-0.39, 0.29) is 0 Å². The minimum Gasteiger partial charge on any atom is -0.317 e. The average Bonchev–Trinajstić information content (AvgIpc) is 2.44. The molecule has 0 saturated heterocycles. The highest BCUT2D eigenvalue weighted by atomic mass is 16.5. The molecule has 0 heterocycles. The third-order valence-corrected chi connectivity index (χ3v) is 1.53. The second kappa shape index (κ2) is 1.80. The molecule has 0 radical (unpaired) electrons. The molecule has 1 unspecified atom stereocenters. The standard InChI is InChI=1S/C5H11NO/c1-4(6-7)5-2-3-5/h4-7H,2-3H2,1H3. The van der Waals surface area contributed by atoms with Gasteiger partial charge in [-0.25, -0.2) is 5.48 Å². The molecule has 0 aliphatic heterocycles. The third kappa shape index (κ3) is 1.14. The Hall–Kier alpha value is -0.0800. The van der Waals surface area contributed by atoms with Crippen molar-refractivity contribution in [2.24, 2.45) is 5.92 Å². The maximum atomic E-state index is 8.30. The van der Waals surface area contributed by atoms with E-state index in [1.54, 1.807) is 0 Å². The van der Waals surface area contributed by atoms with E-state index in [4.69, 9.17) is 5.21 Å².